The van der Waals surface area contributed by atoms with Crippen LogP contribution in [-0.4, -0.2) is 11.5 Å². The Morgan fingerprint density at radius 3 is 3.00 bits per heavy atom. The molecule has 1 aromatic carbocycles. The summed E-state index contributed by atoms with van der Waals surface area (Å²) in [6.45, 7) is 0.171. The van der Waals surface area contributed by atoms with Gasteiger partial charge in [0.1, 0.15) is 12.4 Å². The van der Waals surface area contributed by atoms with Crippen LogP contribution in [0.15, 0.2) is 24.3 Å². The minimum absolute atomic E-state index is 0.00123. The summed E-state index contributed by atoms with van der Waals surface area (Å²) in [5, 5.41) is 12.8. The second kappa shape index (κ2) is 5.14. The van der Waals surface area contributed by atoms with Gasteiger partial charge in [-0.15, -0.1) is 0 Å². The molecule has 0 aliphatic rings. The third kappa shape index (κ3) is 2.99. The van der Waals surface area contributed by atoms with Crippen LogP contribution in [0.4, 0.5) is 5.69 Å². The van der Waals surface area contributed by atoms with Gasteiger partial charge in [0.15, 0.2) is 0 Å². The molecule has 0 bridgehead atoms. The summed E-state index contributed by atoms with van der Waals surface area (Å²) >= 11 is 3.67. The Morgan fingerprint density at radius 2 is 2.36 bits per heavy atom. The van der Waals surface area contributed by atoms with E-state index in [-0.39, 0.29) is 12.3 Å². The van der Waals surface area contributed by atoms with Crippen molar-refractivity contribution in [3.8, 4) is 16.9 Å². The average Bonchev–Trinajstić information content (AvgIpc) is 2.19. The van der Waals surface area contributed by atoms with Gasteiger partial charge in [0.25, 0.3) is 5.69 Å². The second-order valence-electron chi connectivity index (χ2n) is 2.33. The van der Waals surface area contributed by atoms with Gasteiger partial charge < -0.3 is 4.74 Å². The summed E-state index contributed by atoms with van der Waals surface area (Å²) in [5.41, 5.74) is 0.00123. The van der Waals surface area contributed by atoms with Crippen molar-refractivity contribution in [3.05, 3.63) is 34.4 Å². The van der Waals surface area contributed by atoms with E-state index in [0.717, 1.165) is 0 Å². The Hall–Kier alpha value is -1.67. The van der Waals surface area contributed by atoms with E-state index in [1.165, 1.54) is 12.1 Å². The summed E-state index contributed by atoms with van der Waals surface area (Å²) < 4.78 is 5.11. The molecule has 0 aliphatic carbocycles. The third-order valence-electron chi connectivity index (χ3n) is 1.42. The van der Waals surface area contributed by atoms with Crippen molar-refractivity contribution in [2.24, 2.45) is 0 Å². The predicted octanol–water partition coefficient (Wildman–Crippen LogP) is 1.86. The van der Waals surface area contributed by atoms with E-state index < -0.39 is 4.92 Å². The fourth-order valence-corrected chi connectivity index (χ4v) is 0.903. The van der Waals surface area contributed by atoms with E-state index in [2.05, 4.69) is 23.8 Å². The molecule has 0 spiro atoms. The van der Waals surface area contributed by atoms with Crippen LogP contribution in [0.2, 0.25) is 0 Å². The minimum atomic E-state index is -0.475. The van der Waals surface area contributed by atoms with Gasteiger partial charge in [0.2, 0.25) is 0 Å². The van der Waals surface area contributed by atoms with Crippen LogP contribution >= 0.6 is 12.6 Å². The van der Waals surface area contributed by atoms with Gasteiger partial charge >= 0.3 is 0 Å². The highest BCUT2D eigenvalue weighted by atomic mass is 32.1. The monoisotopic (exact) mass is 209 g/mol. The van der Waals surface area contributed by atoms with E-state index in [9.17, 15) is 10.1 Å². The molecule has 0 unspecified atom stereocenters. The molecule has 0 radical (unpaired) electrons. The van der Waals surface area contributed by atoms with Crippen molar-refractivity contribution in [2.75, 3.05) is 6.61 Å². The molecular weight excluding hydrogens is 202 g/mol. The maximum Gasteiger partial charge on any atom is 0.273 e. The molecule has 0 saturated carbocycles. The van der Waals surface area contributed by atoms with Gasteiger partial charge in [-0.3, -0.25) is 10.1 Å². The summed E-state index contributed by atoms with van der Waals surface area (Å²) in [7, 11) is 0. The van der Waals surface area contributed by atoms with E-state index in [0.29, 0.717) is 5.75 Å². The number of nitro groups is 1. The Balaban J connectivity index is 2.71. The topological polar surface area (TPSA) is 52.4 Å². The van der Waals surface area contributed by atoms with Crippen LogP contribution in [0.1, 0.15) is 0 Å². The SMILES string of the molecule is O=[N+]([O-])c1cccc(OCC#CS)c1. The van der Waals surface area contributed by atoms with Crippen molar-refractivity contribution >= 4 is 18.3 Å². The molecule has 72 valence electrons. The molecule has 4 nitrogen and oxygen atoms in total. The standard InChI is InChI=1S/C9H7NO3S/c11-10(12)8-3-1-4-9(7-8)13-5-2-6-14/h1,3-4,7,14H,5H2. The summed E-state index contributed by atoms with van der Waals surface area (Å²) in [5.74, 6) is 2.99. The van der Waals surface area contributed by atoms with E-state index in [1.807, 2.05) is 0 Å². The van der Waals surface area contributed by atoms with Gasteiger partial charge in [-0.05, 0) is 11.3 Å². The molecule has 0 N–H and O–H groups in total. The number of hydrogen-bond donors (Lipinski definition) is 1. The summed E-state index contributed by atoms with van der Waals surface area (Å²) in [6.07, 6.45) is 0. The number of ether oxygens (including phenoxy) is 1. The second-order valence-corrected chi connectivity index (χ2v) is 2.56. The van der Waals surface area contributed by atoms with Gasteiger partial charge in [-0.2, -0.15) is 0 Å². The molecule has 0 saturated heterocycles. The van der Waals surface area contributed by atoms with Crippen molar-refractivity contribution in [1.29, 1.82) is 0 Å². The van der Waals surface area contributed by atoms with Gasteiger partial charge in [-0.1, -0.05) is 24.6 Å². The highest BCUT2D eigenvalue weighted by Gasteiger charge is 2.05. The molecule has 0 aromatic heterocycles. The van der Waals surface area contributed by atoms with E-state index >= 15 is 0 Å². The van der Waals surface area contributed by atoms with Crippen molar-refractivity contribution < 1.29 is 9.66 Å². The van der Waals surface area contributed by atoms with Gasteiger partial charge in [0.05, 0.1) is 11.0 Å². The van der Waals surface area contributed by atoms with E-state index in [1.54, 1.807) is 12.1 Å². The van der Waals surface area contributed by atoms with Gasteiger partial charge in [0, 0.05) is 6.07 Å². The molecule has 0 heterocycles. The van der Waals surface area contributed by atoms with Crippen LogP contribution < -0.4 is 4.74 Å². The normalized spacial score (nSPS) is 8.64. The van der Waals surface area contributed by atoms with Gasteiger partial charge in [-0.25, -0.2) is 0 Å². The van der Waals surface area contributed by atoms with Crippen LogP contribution in [0.3, 0.4) is 0 Å². The summed E-state index contributed by atoms with van der Waals surface area (Å²) in [6, 6.07) is 5.94. The van der Waals surface area contributed by atoms with Crippen molar-refractivity contribution in [2.45, 2.75) is 0 Å². The lowest BCUT2D eigenvalue weighted by Crippen LogP contribution is -1.94. The first-order valence-electron chi connectivity index (χ1n) is 3.73. The largest absolute Gasteiger partial charge is 0.481 e. The lowest BCUT2D eigenvalue weighted by molar-refractivity contribution is -0.384. The fraction of sp³-hybridized carbons (Fsp3) is 0.111. The predicted molar refractivity (Wildman–Crippen MR) is 55.4 cm³/mol. The third-order valence-corrected chi connectivity index (χ3v) is 1.58. The molecule has 0 amide bonds. The quantitative estimate of drug-likeness (QED) is 0.358. The zero-order valence-electron chi connectivity index (χ0n) is 7.14. The zero-order valence-corrected chi connectivity index (χ0v) is 8.03. The maximum atomic E-state index is 10.4. The first-order chi connectivity index (χ1) is 6.74. The summed E-state index contributed by atoms with van der Waals surface area (Å²) in [4.78, 5) is 9.92. The lowest BCUT2D eigenvalue weighted by atomic mass is 10.3. The van der Waals surface area contributed by atoms with Crippen molar-refractivity contribution in [1.82, 2.24) is 0 Å². The van der Waals surface area contributed by atoms with Crippen molar-refractivity contribution in [3.63, 3.8) is 0 Å². The Labute approximate surface area is 86.4 Å². The van der Waals surface area contributed by atoms with E-state index in [4.69, 9.17) is 4.74 Å². The number of benzene rings is 1. The molecular formula is C9H7NO3S. The number of thiol groups is 1. The number of nitro benzene ring substituents is 1. The zero-order chi connectivity index (χ0) is 10.4. The number of nitrogens with zero attached hydrogens (tertiary/aromatic N) is 1. The molecule has 14 heavy (non-hydrogen) atoms. The minimum Gasteiger partial charge on any atom is -0.481 e. The maximum absolute atomic E-state index is 10.4. The van der Waals surface area contributed by atoms with Crippen LogP contribution in [0, 0.1) is 21.3 Å². The Bertz CT molecular complexity index is 395. The molecule has 1 aromatic rings. The highest BCUT2D eigenvalue weighted by Crippen LogP contribution is 2.18. The first-order valence-corrected chi connectivity index (χ1v) is 4.18. The average molecular weight is 209 g/mol. The molecule has 5 heteroatoms. The first kappa shape index (κ1) is 10.4. The molecule has 0 aliphatic heterocycles. The molecule has 0 atom stereocenters. The highest BCUT2D eigenvalue weighted by molar-refractivity contribution is 7.85. The number of non-ortho nitro benzene ring substituents is 1. The van der Waals surface area contributed by atoms with Crippen LogP contribution in [0.5, 0.6) is 5.75 Å². The number of hydrogen-bond acceptors (Lipinski definition) is 4. The number of rotatable bonds is 3. The van der Waals surface area contributed by atoms with Crippen LogP contribution in [0.25, 0.3) is 0 Å². The van der Waals surface area contributed by atoms with Crippen LogP contribution in [-0.2, 0) is 0 Å². The molecule has 0 fully saturated rings. The Morgan fingerprint density at radius 1 is 1.57 bits per heavy atom. The Kier molecular flexibility index (Phi) is 3.83. The fourth-order valence-electron chi connectivity index (χ4n) is 0.839. The smallest absolute Gasteiger partial charge is 0.273 e. The lowest BCUT2D eigenvalue weighted by Gasteiger charge is -2.00. The molecule has 1 rings (SSSR count).